The summed E-state index contributed by atoms with van der Waals surface area (Å²) >= 11 is 14.3. The fourth-order valence-corrected chi connectivity index (χ4v) is 4.29. The Morgan fingerprint density at radius 1 is 1.09 bits per heavy atom. The molecule has 0 amide bonds. The minimum absolute atomic E-state index is 0.106. The van der Waals surface area contributed by atoms with E-state index in [0.29, 0.717) is 32.1 Å². The molecular weight excluding hydrogens is 592 g/mol. The van der Waals surface area contributed by atoms with Gasteiger partial charge in [0, 0.05) is 0 Å². The Morgan fingerprint density at radius 3 is 2.50 bits per heavy atom. The lowest BCUT2D eigenvalue weighted by molar-refractivity contribution is -0.129. The zero-order valence-electron chi connectivity index (χ0n) is 17.7. The minimum Gasteiger partial charge on any atom is -0.490 e. The Balaban J connectivity index is 1.67. The highest BCUT2D eigenvalue weighted by Crippen LogP contribution is 2.36. The minimum atomic E-state index is -0.607. The number of halogens is 3. The van der Waals surface area contributed by atoms with Crippen LogP contribution in [0.15, 0.2) is 71.4 Å². The molecule has 0 aliphatic carbocycles. The summed E-state index contributed by atoms with van der Waals surface area (Å²) < 4.78 is 17.2. The molecule has 0 fully saturated rings. The van der Waals surface area contributed by atoms with Gasteiger partial charge in [0.15, 0.2) is 17.2 Å². The number of hydrogen-bond acceptors (Lipinski definition) is 6. The third kappa shape index (κ3) is 5.27. The van der Waals surface area contributed by atoms with Gasteiger partial charge in [-0.3, -0.25) is 0 Å². The molecule has 0 saturated heterocycles. The van der Waals surface area contributed by atoms with Gasteiger partial charge in [0.1, 0.15) is 0 Å². The van der Waals surface area contributed by atoms with Gasteiger partial charge < -0.3 is 14.2 Å². The number of ether oxygens (including phenoxy) is 3. The average molecular weight is 608 g/mol. The topological polar surface area (TPSA) is 74.2 Å². The van der Waals surface area contributed by atoms with E-state index < -0.39 is 11.9 Å². The van der Waals surface area contributed by atoms with Gasteiger partial charge in [-0.25, -0.2) is 14.6 Å². The van der Waals surface area contributed by atoms with Crippen molar-refractivity contribution in [3.63, 3.8) is 0 Å². The monoisotopic (exact) mass is 607 g/mol. The van der Waals surface area contributed by atoms with Crippen molar-refractivity contribution >= 4 is 69.7 Å². The summed E-state index contributed by atoms with van der Waals surface area (Å²) in [6.45, 7) is 2.15. The van der Waals surface area contributed by atoms with Crippen LogP contribution >= 0.6 is 45.8 Å². The lowest BCUT2D eigenvalue weighted by Crippen LogP contribution is -2.11. The summed E-state index contributed by atoms with van der Waals surface area (Å²) in [7, 11) is 0. The lowest BCUT2D eigenvalue weighted by atomic mass is 10.1. The van der Waals surface area contributed by atoms with Crippen molar-refractivity contribution in [2.24, 2.45) is 4.99 Å². The Bertz CT molecular complexity index is 1350. The van der Waals surface area contributed by atoms with Gasteiger partial charge in [0.25, 0.3) is 0 Å². The normalized spacial score (nSPS) is 14.1. The number of carbonyl (C=O) groups is 2. The summed E-state index contributed by atoms with van der Waals surface area (Å²) in [5.74, 6) is -0.486. The quantitative estimate of drug-likeness (QED) is 0.137. The fourth-order valence-electron chi connectivity index (χ4n) is 3.12. The molecule has 0 aromatic heterocycles. The summed E-state index contributed by atoms with van der Waals surface area (Å²) in [5.41, 5.74) is 1.48. The maximum absolute atomic E-state index is 12.7. The van der Waals surface area contributed by atoms with Gasteiger partial charge in [-0.05, 0) is 77.6 Å². The molecule has 1 aliphatic rings. The van der Waals surface area contributed by atoms with E-state index in [1.807, 2.05) is 29.5 Å². The van der Waals surface area contributed by atoms with E-state index in [0.717, 1.165) is 0 Å². The van der Waals surface area contributed by atoms with Crippen LogP contribution in [0.3, 0.4) is 0 Å². The molecule has 3 aromatic carbocycles. The van der Waals surface area contributed by atoms with Gasteiger partial charge in [0.2, 0.25) is 5.90 Å². The van der Waals surface area contributed by atoms with E-state index in [4.69, 9.17) is 37.4 Å². The second-order valence-corrected chi connectivity index (χ2v) is 8.92. The number of nitrogens with zero attached hydrogens (tertiary/aromatic N) is 1. The number of aliphatic imine (C=N–C) groups is 1. The largest absolute Gasteiger partial charge is 0.490 e. The molecule has 3 aromatic rings. The lowest BCUT2D eigenvalue weighted by Gasteiger charge is -2.14. The van der Waals surface area contributed by atoms with Crippen molar-refractivity contribution in [3.8, 4) is 11.5 Å². The molecule has 0 radical (unpaired) electrons. The molecule has 4 rings (SSSR count). The van der Waals surface area contributed by atoms with Crippen LogP contribution in [-0.4, -0.2) is 24.4 Å². The Kier molecular flexibility index (Phi) is 7.55. The van der Waals surface area contributed by atoms with Crippen molar-refractivity contribution in [3.05, 3.63) is 96.7 Å². The van der Waals surface area contributed by atoms with E-state index in [-0.39, 0.29) is 27.9 Å². The first-order valence-electron chi connectivity index (χ1n) is 10.1. The Morgan fingerprint density at radius 2 is 1.79 bits per heavy atom. The fraction of sp³-hybridized carbons (Fsp3) is 0.0800. The number of cyclic esters (lactones) is 1. The number of carbonyl (C=O) groups excluding carboxylic acids is 2. The van der Waals surface area contributed by atoms with Crippen molar-refractivity contribution in [1.82, 2.24) is 0 Å². The maximum Gasteiger partial charge on any atom is 0.363 e. The third-order valence-corrected chi connectivity index (χ3v) is 6.11. The van der Waals surface area contributed by atoms with Crippen LogP contribution in [0.25, 0.3) is 6.08 Å². The highest BCUT2D eigenvalue weighted by Gasteiger charge is 2.26. The SMILES string of the molecule is CCOc1cc(/C=C2\N=C(c3ccccc3Cl)OC2=O)cc(I)c1OC(=O)c1ccccc1Cl. The molecule has 0 N–H and O–H groups in total. The molecule has 1 aliphatic heterocycles. The van der Waals surface area contributed by atoms with E-state index in [1.54, 1.807) is 66.7 Å². The average Bonchev–Trinajstić information content (AvgIpc) is 3.16. The number of esters is 2. The van der Waals surface area contributed by atoms with Gasteiger partial charge >= 0.3 is 11.9 Å². The van der Waals surface area contributed by atoms with Gasteiger partial charge in [0.05, 0.1) is 31.3 Å². The molecular formula is C25H16Cl2INO5. The Labute approximate surface area is 219 Å². The van der Waals surface area contributed by atoms with E-state index in [2.05, 4.69) is 4.99 Å². The molecule has 34 heavy (non-hydrogen) atoms. The van der Waals surface area contributed by atoms with Gasteiger partial charge in [-0.1, -0.05) is 47.5 Å². The van der Waals surface area contributed by atoms with E-state index in [1.165, 1.54) is 0 Å². The predicted molar refractivity (Wildman–Crippen MR) is 139 cm³/mol. The van der Waals surface area contributed by atoms with Crippen molar-refractivity contribution in [2.75, 3.05) is 6.61 Å². The molecule has 1 heterocycles. The van der Waals surface area contributed by atoms with Crippen LogP contribution in [0, 0.1) is 3.57 Å². The van der Waals surface area contributed by atoms with Crippen LogP contribution < -0.4 is 9.47 Å². The molecule has 0 spiro atoms. The summed E-state index contributed by atoms with van der Waals surface area (Å²) in [6.07, 6.45) is 1.57. The molecule has 0 atom stereocenters. The van der Waals surface area contributed by atoms with E-state index in [9.17, 15) is 9.59 Å². The highest BCUT2D eigenvalue weighted by molar-refractivity contribution is 14.1. The predicted octanol–water partition coefficient (Wildman–Crippen LogP) is 6.56. The zero-order chi connectivity index (χ0) is 24.2. The number of hydrogen-bond donors (Lipinski definition) is 0. The second-order valence-electron chi connectivity index (χ2n) is 6.95. The van der Waals surface area contributed by atoms with Crippen LogP contribution in [0.4, 0.5) is 0 Å². The van der Waals surface area contributed by atoms with Crippen molar-refractivity contribution in [1.29, 1.82) is 0 Å². The first-order chi connectivity index (χ1) is 16.4. The summed E-state index contributed by atoms with van der Waals surface area (Å²) in [5, 5.41) is 0.710. The first kappa shape index (κ1) is 24.3. The zero-order valence-corrected chi connectivity index (χ0v) is 21.3. The van der Waals surface area contributed by atoms with Gasteiger partial charge in [-0.15, -0.1) is 0 Å². The standard InChI is InChI=1S/C25H16Cl2INO5/c1-2-32-21-13-14(11-19(28)22(21)33-24(30)16-8-4-6-10-18(16)27)12-20-25(31)34-23(29-20)15-7-3-5-9-17(15)26/h3-13H,2H2,1H3/b20-12-. The van der Waals surface area contributed by atoms with Crippen LogP contribution in [0.1, 0.15) is 28.4 Å². The smallest absolute Gasteiger partial charge is 0.363 e. The molecule has 9 heteroatoms. The van der Waals surface area contributed by atoms with Crippen LogP contribution in [0.5, 0.6) is 11.5 Å². The van der Waals surface area contributed by atoms with Crippen LogP contribution in [-0.2, 0) is 9.53 Å². The summed E-state index contributed by atoms with van der Waals surface area (Å²) in [4.78, 5) is 29.4. The Hall–Kier alpha value is -2.88. The second kappa shape index (κ2) is 10.6. The number of benzene rings is 3. The molecule has 0 bridgehead atoms. The highest BCUT2D eigenvalue weighted by atomic mass is 127. The maximum atomic E-state index is 12.7. The molecule has 172 valence electrons. The van der Waals surface area contributed by atoms with Crippen molar-refractivity contribution < 1.29 is 23.8 Å². The van der Waals surface area contributed by atoms with Crippen LogP contribution in [0.2, 0.25) is 10.0 Å². The first-order valence-corrected chi connectivity index (χ1v) is 11.9. The van der Waals surface area contributed by atoms with Crippen molar-refractivity contribution in [2.45, 2.75) is 6.92 Å². The third-order valence-electron chi connectivity index (χ3n) is 4.65. The van der Waals surface area contributed by atoms with Gasteiger partial charge in [-0.2, -0.15) is 0 Å². The molecule has 6 nitrogen and oxygen atoms in total. The van der Waals surface area contributed by atoms with E-state index >= 15 is 0 Å². The molecule has 0 unspecified atom stereocenters. The summed E-state index contributed by atoms with van der Waals surface area (Å²) in [6, 6.07) is 17.0. The molecule has 0 saturated carbocycles. The number of rotatable bonds is 6.